The van der Waals surface area contributed by atoms with E-state index in [2.05, 4.69) is 35.2 Å². The van der Waals surface area contributed by atoms with Crippen LogP contribution in [0, 0.1) is 0 Å². The fourth-order valence-electron chi connectivity index (χ4n) is 4.32. The van der Waals surface area contributed by atoms with Crippen LogP contribution in [0.2, 0.25) is 0 Å². The summed E-state index contributed by atoms with van der Waals surface area (Å²) >= 11 is 1.55. The van der Waals surface area contributed by atoms with Crippen molar-refractivity contribution in [2.24, 2.45) is 0 Å². The molecule has 0 saturated carbocycles. The van der Waals surface area contributed by atoms with E-state index >= 15 is 0 Å². The molecule has 0 spiro atoms. The van der Waals surface area contributed by atoms with Gasteiger partial charge in [0.05, 0.1) is 11.3 Å². The van der Waals surface area contributed by atoms with E-state index in [-0.39, 0.29) is 5.91 Å². The number of rotatable bonds is 4. The quantitative estimate of drug-likeness (QED) is 0.467. The van der Waals surface area contributed by atoms with E-state index in [0.717, 1.165) is 67.3 Å². The SMILES string of the molecule is O=C(CSc1nc(N2CCc3ccccc3C2)nc2ccccc12)N1CCCCC1. The van der Waals surface area contributed by atoms with Gasteiger partial charge in [-0.1, -0.05) is 54.2 Å². The molecule has 0 aliphatic carbocycles. The lowest BCUT2D eigenvalue weighted by atomic mass is 10.0. The Kier molecular flexibility index (Phi) is 5.58. The van der Waals surface area contributed by atoms with Gasteiger partial charge in [-0.25, -0.2) is 9.97 Å². The first-order valence-corrected chi connectivity index (χ1v) is 11.8. The fraction of sp³-hybridized carbons (Fsp3) is 0.375. The van der Waals surface area contributed by atoms with Crippen LogP contribution in [0.5, 0.6) is 0 Å². The highest BCUT2D eigenvalue weighted by atomic mass is 32.2. The molecule has 1 fully saturated rings. The van der Waals surface area contributed by atoms with E-state index in [9.17, 15) is 4.79 Å². The molecule has 0 radical (unpaired) electrons. The summed E-state index contributed by atoms with van der Waals surface area (Å²) in [7, 11) is 0. The molecule has 1 saturated heterocycles. The zero-order chi connectivity index (χ0) is 20.3. The molecule has 3 aromatic rings. The average molecular weight is 419 g/mol. The monoisotopic (exact) mass is 418 g/mol. The predicted molar refractivity (Wildman–Crippen MR) is 122 cm³/mol. The number of likely N-dealkylation sites (tertiary alicyclic amines) is 1. The number of anilines is 1. The molecule has 0 bridgehead atoms. The molecule has 0 N–H and O–H groups in total. The Bertz CT molecular complexity index is 1060. The lowest BCUT2D eigenvalue weighted by Crippen LogP contribution is -2.36. The zero-order valence-corrected chi connectivity index (χ0v) is 17.9. The smallest absolute Gasteiger partial charge is 0.232 e. The zero-order valence-electron chi connectivity index (χ0n) is 17.1. The largest absolute Gasteiger partial charge is 0.342 e. The van der Waals surface area contributed by atoms with Crippen LogP contribution in [0.3, 0.4) is 0 Å². The Morgan fingerprint density at radius 1 is 0.900 bits per heavy atom. The minimum atomic E-state index is 0.218. The molecule has 6 heteroatoms. The van der Waals surface area contributed by atoms with Gasteiger partial charge in [0.2, 0.25) is 11.9 Å². The molecular formula is C24H26N4OS. The molecule has 3 heterocycles. The van der Waals surface area contributed by atoms with Gasteiger partial charge in [0.25, 0.3) is 0 Å². The number of nitrogens with zero attached hydrogens (tertiary/aromatic N) is 4. The number of piperidine rings is 1. The standard InChI is InChI=1S/C24H26N4OS/c29-22(27-13-6-1-7-14-27)17-30-23-20-10-4-5-11-21(20)25-24(26-23)28-15-12-18-8-2-3-9-19(18)16-28/h2-5,8-11H,1,6-7,12-17H2. The van der Waals surface area contributed by atoms with Crippen LogP contribution in [0.4, 0.5) is 5.95 Å². The van der Waals surface area contributed by atoms with Crippen molar-refractivity contribution in [3.05, 3.63) is 59.7 Å². The number of para-hydroxylation sites is 1. The third-order valence-electron chi connectivity index (χ3n) is 6.01. The summed E-state index contributed by atoms with van der Waals surface area (Å²) in [6.07, 6.45) is 4.47. The van der Waals surface area contributed by atoms with Crippen LogP contribution < -0.4 is 4.90 Å². The molecule has 2 aromatic carbocycles. The second-order valence-electron chi connectivity index (χ2n) is 8.02. The second-order valence-corrected chi connectivity index (χ2v) is 8.98. The van der Waals surface area contributed by atoms with E-state index < -0.39 is 0 Å². The van der Waals surface area contributed by atoms with Crippen molar-refractivity contribution in [3.63, 3.8) is 0 Å². The van der Waals surface area contributed by atoms with Gasteiger partial charge in [-0.2, -0.15) is 0 Å². The Labute approximate surface area is 181 Å². The summed E-state index contributed by atoms with van der Waals surface area (Å²) in [4.78, 5) is 26.7. The van der Waals surface area contributed by atoms with E-state index in [1.165, 1.54) is 17.5 Å². The second kappa shape index (κ2) is 8.64. The van der Waals surface area contributed by atoms with E-state index in [4.69, 9.17) is 9.97 Å². The van der Waals surface area contributed by atoms with Crippen molar-refractivity contribution in [1.29, 1.82) is 0 Å². The van der Waals surface area contributed by atoms with E-state index in [1.807, 2.05) is 23.1 Å². The number of benzene rings is 2. The van der Waals surface area contributed by atoms with Crippen LogP contribution >= 0.6 is 11.8 Å². The summed E-state index contributed by atoms with van der Waals surface area (Å²) in [5.41, 5.74) is 3.69. The van der Waals surface area contributed by atoms with Crippen molar-refractivity contribution >= 4 is 34.5 Å². The number of hydrogen-bond acceptors (Lipinski definition) is 5. The van der Waals surface area contributed by atoms with Crippen molar-refractivity contribution in [2.75, 3.05) is 30.3 Å². The minimum Gasteiger partial charge on any atom is -0.342 e. The third-order valence-corrected chi connectivity index (χ3v) is 6.99. The normalized spacial score (nSPS) is 16.5. The molecule has 0 atom stereocenters. The first-order valence-electron chi connectivity index (χ1n) is 10.8. The molecule has 5 nitrogen and oxygen atoms in total. The summed E-state index contributed by atoms with van der Waals surface area (Å²) in [6.45, 7) is 3.52. The van der Waals surface area contributed by atoms with Crippen LogP contribution in [0.15, 0.2) is 53.6 Å². The van der Waals surface area contributed by atoms with E-state index in [0.29, 0.717) is 5.75 Å². The predicted octanol–water partition coefficient (Wildman–Crippen LogP) is 4.30. The van der Waals surface area contributed by atoms with E-state index in [1.54, 1.807) is 11.8 Å². The van der Waals surface area contributed by atoms with Crippen LogP contribution in [-0.2, 0) is 17.8 Å². The van der Waals surface area contributed by atoms with Crippen molar-refractivity contribution < 1.29 is 4.79 Å². The number of hydrogen-bond donors (Lipinski definition) is 0. The number of carbonyl (C=O) groups excluding carboxylic acids is 1. The molecule has 154 valence electrons. The summed E-state index contributed by atoms with van der Waals surface area (Å²) in [5.74, 6) is 1.41. The maximum absolute atomic E-state index is 12.7. The van der Waals surface area contributed by atoms with Gasteiger partial charge in [0.15, 0.2) is 0 Å². The molecule has 5 rings (SSSR count). The van der Waals surface area contributed by atoms with Gasteiger partial charge < -0.3 is 9.80 Å². The number of aromatic nitrogens is 2. The topological polar surface area (TPSA) is 49.3 Å². The summed E-state index contributed by atoms with van der Waals surface area (Å²) in [6, 6.07) is 16.7. The first kappa shape index (κ1) is 19.4. The van der Waals surface area contributed by atoms with Crippen molar-refractivity contribution in [3.8, 4) is 0 Å². The molecule has 30 heavy (non-hydrogen) atoms. The Morgan fingerprint density at radius 3 is 2.53 bits per heavy atom. The van der Waals surface area contributed by atoms with Crippen LogP contribution in [-0.4, -0.2) is 46.2 Å². The lowest BCUT2D eigenvalue weighted by molar-refractivity contribution is -0.129. The molecule has 1 aromatic heterocycles. The molecule has 2 aliphatic rings. The highest BCUT2D eigenvalue weighted by molar-refractivity contribution is 8.00. The van der Waals surface area contributed by atoms with Gasteiger partial charge in [-0.15, -0.1) is 0 Å². The molecule has 0 unspecified atom stereocenters. The minimum absolute atomic E-state index is 0.218. The van der Waals surface area contributed by atoms with Gasteiger partial charge >= 0.3 is 0 Å². The highest BCUT2D eigenvalue weighted by Crippen LogP contribution is 2.30. The van der Waals surface area contributed by atoms with Crippen LogP contribution in [0.1, 0.15) is 30.4 Å². The van der Waals surface area contributed by atoms with Gasteiger partial charge in [0, 0.05) is 31.6 Å². The maximum atomic E-state index is 12.7. The first-order chi connectivity index (χ1) is 14.8. The van der Waals surface area contributed by atoms with Crippen LogP contribution in [0.25, 0.3) is 10.9 Å². The Balaban J connectivity index is 1.40. The Morgan fingerprint density at radius 2 is 1.67 bits per heavy atom. The number of fused-ring (bicyclic) bond motifs is 2. The highest BCUT2D eigenvalue weighted by Gasteiger charge is 2.21. The maximum Gasteiger partial charge on any atom is 0.232 e. The van der Waals surface area contributed by atoms with Crippen molar-refractivity contribution in [2.45, 2.75) is 37.3 Å². The summed E-state index contributed by atoms with van der Waals surface area (Å²) < 4.78 is 0. The third kappa shape index (κ3) is 4.01. The number of carbonyl (C=O) groups is 1. The van der Waals surface area contributed by atoms with Gasteiger partial charge in [0.1, 0.15) is 5.03 Å². The molecule has 2 aliphatic heterocycles. The average Bonchev–Trinajstić information content (AvgIpc) is 2.82. The van der Waals surface area contributed by atoms with Gasteiger partial charge in [-0.3, -0.25) is 4.79 Å². The molecular weight excluding hydrogens is 392 g/mol. The fourth-order valence-corrected chi connectivity index (χ4v) is 5.24. The lowest BCUT2D eigenvalue weighted by Gasteiger charge is -2.29. The number of amides is 1. The molecule has 1 amide bonds. The summed E-state index contributed by atoms with van der Waals surface area (Å²) in [5, 5.41) is 1.93. The van der Waals surface area contributed by atoms with Crippen molar-refractivity contribution in [1.82, 2.24) is 14.9 Å². The number of thioether (sulfide) groups is 1. The van der Waals surface area contributed by atoms with Gasteiger partial charge in [-0.05, 0) is 42.9 Å². The Hall–Kier alpha value is -2.60.